The molecule has 3 heteroatoms. The van der Waals surface area contributed by atoms with E-state index in [1.807, 2.05) is 24.3 Å². The zero-order valence-electron chi connectivity index (χ0n) is 11.1. The highest BCUT2D eigenvalue weighted by Gasteiger charge is 2.25. The van der Waals surface area contributed by atoms with Crippen LogP contribution in [-0.2, 0) is 11.3 Å². The van der Waals surface area contributed by atoms with E-state index in [1.165, 1.54) is 24.8 Å². The van der Waals surface area contributed by atoms with Crippen LogP contribution in [0.1, 0.15) is 24.8 Å². The second kappa shape index (κ2) is 6.76. The molecular formula is C15H23NO2. The van der Waals surface area contributed by atoms with E-state index < -0.39 is 0 Å². The third-order valence-corrected chi connectivity index (χ3v) is 3.88. The fourth-order valence-electron chi connectivity index (χ4n) is 2.69. The lowest BCUT2D eigenvalue weighted by Crippen LogP contribution is -2.22. The molecule has 2 N–H and O–H groups in total. The summed E-state index contributed by atoms with van der Waals surface area (Å²) in [5, 5.41) is 0. The van der Waals surface area contributed by atoms with Gasteiger partial charge in [-0.3, -0.25) is 0 Å². The molecule has 1 aliphatic carbocycles. The maximum Gasteiger partial charge on any atom is 0.118 e. The summed E-state index contributed by atoms with van der Waals surface area (Å²) < 4.78 is 10.9. The lowest BCUT2D eigenvalue weighted by Gasteiger charge is -2.17. The molecule has 1 aromatic rings. The van der Waals surface area contributed by atoms with Gasteiger partial charge in [0.2, 0.25) is 0 Å². The first-order valence-corrected chi connectivity index (χ1v) is 6.74. The van der Waals surface area contributed by atoms with Crippen molar-refractivity contribution in [3.63, 3.8) is 0 Å². The van der Waals surface area contributed by atoms with E-state index in [9.17, 15) is 0 Å². The van der Waals surface area contributed by atoms with Crippen molar-refractivity contribution < 1.29 is 9.47 Å². The monoisotopic (exact) mass is 249 g/mol. The molecular weight excluding hydrogens is 226 g/mol. The highest BCUT2D eigenvalue weighted by atomic mass is 16.5. The number of benzene rings is 1. The van der Waals surface area contributed by atoms with Gasteiger partial charge in [-0.05, 0) is 48.9 Å². The molecule has 1 aliphatic rings. The van der Waals surface area contributed by atoms with Gasteiger partial charge in [-0.2, -0.15) is 0 Å². The van der Waals surface area contributed by atoms with Crippen molar-refractivity contribution in [2.24, 2.45) is 17.6 Å². The summed E-state index contributed by atoms with van der Waals surface area (Å²) >= 11 is 0. The molecule has 1 aromatic carbocycles. The molecule has 0 bridgehead atoms. The van der Waals surface area contributed by atoms with Crippen LogP contribution in [0, 0.1) is 11.8 Å². The summed E-state index contributed by atoms with van der Waals surface area (Å²) in [6.45, 7) is 2.32. The fourth-order valence-corrected chi connectivity index (χ4v) is 2.69. The Hall–Kier alpha value is -1.06. The Bertz CT molecular complexity index is 350. The lowest BCUT2D eigenvalue weighted by molar-refractivity contribution is 0.0753. The average Bonchev–Trinajstić information content (AvgIpc) is 2.87. The second-order valence-electron chi connectivity index (χ2n) is 5.05. The molecule has 18 heavy (non-hydrogen) atoms. The first-order chi connectivity index (χ1) is 8.83. The van der Waals surface area contributed by atoms with E-state index in [2.05, 4.69) is 0 Å². The Balaban J connectivity index is 1.74. The Kier molecular flexibility index (Phi) is 5.02. The number of hydrogen-bond acceptors (Lipinski definition) is 3. The van der Waals surface area contributed by atoms with Crippen LogP contribution in [0.4, 0.5) is 0 Å². The van der Waals surface area contributed by atoms with E-state index in [4.69, 9.17) is 15.2 Å². The van der Waals surface area contributed by atoms with Gasteiger partial charge in [0.15, 0.2) is 0 Å². The molecule has 2 unspecified atom stereocenters. The molecule has 0 aliphatic heterocycles. The molecule has 0 spiro atoms. The molecule has 2 atom stereocenters. The fraction of sp³-hybridized carbons (Fsp3) is 0.600. The maximum absolute atomic E-state index is 5.81. The molecule has 1 saturated carbocycles. The van der Waals surface area contributed by atoms with Gasteiger partial charge in [-0.15, -0.1) is 0 Å². The summed E-state index contributed by atoms with van der Waals surface area (Å²) in [6, 6.07) is 8.04. The first kappa shape index (κ1) is 13.4. The largest absolute Gasteiger partial charge is 0.497 e. The number of methoxy groups -OCH3 is 1. The third-order valence-electron chi connectivity index (χ3n) is 3.88. The Labute approximate surface area is 109 Å². The van der Waals surface area contributed by atoms with Crippen LogP contribution >= 0.6 is 0 Å². The normalized spacial score (nSPS) is 23.2. The molecule has 0 saturated heterocycles. The van der Waals surface area contributed by atoms with E-state index in [0.29, 0.717) is 18.4 Å². The van der Waals surface area contributed by atoms with Crippen molar-refractivity contribution in [3.8, 4) is 5.75 Å². The lowest BCUT2D eigenvalue weighted by atomic mass is 9.97. The smallest absolute Gasteiger partial charge is 0.118 e. The Morgan fingerprint density at radius 1 is 1.17 bits per heavy atom. The average molecular weight is 249 g/mol. The van der Waals surface area contributed by atoms with Crippen molar-refractivity contribution in [1.29, 1.82) is 0 Å². The zero-order valence-corrected chi connectivity index (χ0v) is 11.1. The molecule has 2 rings (SSSR count). The van der Waals surface area contributed by atoms with Crippen LogP contribution in [0.3, 0.4) is 0 Å². The second-order valence-corrected chi connectivity index (χ2v) is 5.05. The van der Waals surface area contributed by atoms with Crippen LogP contribution in [-0.4, -0.2) is 20.3 Å². The quantitative estimate of drug-likeness (QED) is 0.842. The topological polar surface area (TPSA) is 44.5 Å². The van der Waals surface area contributed by atoms with Crippen LogP contribution in [0.5, 0.6) is 5.75 Å². The van der Waals surface area contributed by atoms with Crippen molar-refractivity contribution in [1.82, 2.24) is 0 Å². The van der Waals surface area contributed by atoms with Crippen molar-refractivity contribution in [3.05, 3.63) is 29.8 Å². The van der Waals surface area contributed by atoms with Gasteiger partial charge in [-0.1, -0.05) is 18.6 Å². The number of nitrogens with two attached hydrogens (primary N) is 1. The minimum absolute atomic E-state index is 0.660. The van der Waals surface area contributed by atoms with Crippen molar-refractivity contribution in [2.75, 3.05) is 20.3 Å². The number of hydrogen-bond donors (Lipinski definition) is 1. The van der Waals surface area contributed by atoms with Crippen molar-refractivity contribution >= 4 is 0 Å². The molecule has 0 radical (unpaired) electrons. The van der Waals surface area contributed by atoms with Crippen LogP contribution < -0.4 is 10.5 Å². The van der Waals surface area contributed by atoms with E-state index in [0.717, 1.165) is 18.9 Å². The van der Waals surface area contributed by atoms with E-state index in [-0.39, 0.29) is 0 Å². The van der Waals surface area contributed by atoms with Gasteiger partial charge in [0.05, 0.1) is 20.3 Å². The highest BCUT2D eigenvalue weighted by Crippen LogP contribution is 2.31. The summed E-state index contributed by atoms with van der Waals surface area (Å²) in [5.41, 5.74) is 6.96. The molecule has 0 aromatic heterocycles. The molecule has 0 amide bonds. The summed E-state index contributed by atoms with van der Waals surface area (Å²) in [6.07, 6.45) is 3.84. The van der Waals surface area contributed by atoms with Crippen LogP contribution in [0.2, 0.25) is 0 Å². The molecule has 3 nitrogen and oxygen atoms in total. The van der Waals surface area contributed by atoms with Gasteiger partial charge < -0.3 is 15.2 Å². The summed E-state index contributed by atoms with van der Waals surface area (Å²) in [5.74, 6) is 2.21. The molecule has 0 heterocycles. The first-order valence-electron chi connectivity index (χ1n) is 6.74. The zero-order chi connectivity index (χ0) is 12.8. The highest BCUT2D eigenvalue weighted by molar-refractivity contribution is 5.26. The van der Waals surface area contributed by atoms with Gasteiger partial charge in [0.1, 0.15) is 5.75 Å². The summed E-state index contributed by atoms with van der Waals surface area (Å²) in [7, 11) is 1.68. The number of ether oxygens (including phenoxy) is 2. The van der Waals surface area contributed by atoms with E-state index >= 15 is 0 Å². The van der Waals surface area contributed by atoms with Crippen LogP contribution in [0.15, 0.2) is 24.3 Å². The Morgan fingerprint density at radius 3 is 2.56 bits per heavy atom. The van der Waals surface area contributed by atoms with Gasteiger partial charge in [-0.25, -0.2) is 0 Å². The SMILES string of the molecule is COc1ccc(COCC2CCCC2CN)cc1. The summed E-state index contributed by atoms with van der Waals surface area (Å²) in [4.78, 5) is 0. The van der Waals surface area contributed by atoms with Crippen molar-refractivity contribution in [2.45, 2.75) is 25.9 Å². The van der Waals surface area contributed by atoms with Gasteiger partial charge in [0, 0.05) is 0 Å². The maximum atomic E-state index is 5.81. The number of rotatable bonds is 6. The van der Waals surface area contributed by atoms with Gasteiger partial charge in [0.25, 0.3) is 0 Å². The van der Waals surface area contributed by atoms with Crippen LogP contribution in [0.25, 0.3) is 0 Å². The predicted octanol–water partition coefficient (Wildman–Crippen LogP) is 2.59. The minimum atomic E-state index is 0.660. The minimum Gasteiger partial charge on any atom is -0.497 e. The standard InChI is InChI=1S/C15H23NO2/c1-17-15-7-5-12(6-8-15)10-18-11-14-4-2-3-13(14)9-16/h5-8,13-14H,2-4,9-11,16H2,1H3. The Morgan fingerprint density at radius 2 is 1.89 bits per heavy atom. The van der Waals surface area contributed by atoms with Gasteiger partial charge >= 0.3 is 0 Å². The van der Waals surface area contributed by atoms with E-state index in [1.54, 1.807) is 7.11 Å². The predicted molar refractivity (Wildman–Crippen MR) is 72.5 cm³/mol. The third kappa shape index (κ3) is 3.47. The molecule has 100 valence electrons. The molecule has 1 fully saturated rings.